The van der Waals surface area contributed by atoms with Crippen molar-refractivity contribution >= 4 is 5.97 Å². The van der Waals surface area contributed by atoms with E-state index in [-0.39, 0.29) is 6.54 Å². The Hall–Kier alpha value is -2.01. The van der Waals surface area contributed by atoms with Gasteiger partial charge in [-0.3, -0.25) is 0 Å². The van der Waals surface area contributed by atoms with Crippen LogP contribution in [0.5, 0.6) is 11.5 Å². The predicted octanol–water partition coefficient (Wildman–Crippen LogP) is -0.975. The Morgan fingerprint density at radius 2 is 2.16 bits per heavy atom. The molecule has 0 fully saturated rings. The fraction of sp³-hybridized carbons (Fsp3) is 0.357. The molecule has 0 bridgehead atoms. The Morgan fingerprint density at radius 3 is 2.68 bits per heavy atom. The van der Waals surface area contributed by atoms with E-state index in [0.717, 1.165) is 10.5 Å². The van der Waals surface area contributed by atoms with E-state index in [9.17, 15) is 9.90 Å². The smallest absolute Gasteiger partial charge is 0.131 e. The lowest BCUT2D eigenvalue weighted by Gasteiger charge is -2.19. The van der Waals surface area contributed by atoms with E-state index in [1.165, 1.54) is 0 Å². The number of benzene rings is 1. The topological polar surface area (TPSA) is 63.0 Å². The zero-order valence-corrected chi connectivity index (χ0v) is 11.3. The minimum atomic E-state index is -1.08. The van der Waals surface area contributed by atoms with E-state index in [1.54, 1.807) is 26.4 Å². The van der Waals surface area contributed by atoms with Crippen molar-refractivity contribution in [3.8, 4) is 11.5 Å². The van der Waals surface area contributed by atoms with Crippen molar-refractivity contribution in [3.63, 3.8) is 0 Å². The van der Waals surface area contributed by atoms with E-state index in [2.05, 4.69) is 6.58 Å². The predicted molar refractivity (Wildman–Crippen MR) is 69.2 cm³/mol. The number of methoxy groups -OCH3 is 2. The standard InChI is InChI=1S/C14H19NO4/c1-4-7-15(10-14(16)17)9-11-5-6-12(18-2)8-13(11)19-3/h4-6,8H,1,7,9-10H2,2-3H3,(H,16,17). The molecule has 0 aromatic heterocycles. The fourth-order valence-corrected chi connectivity index (χ4v) is 1.88. The molecule has 0 aliphatic heterocycles. The highest BCUT2D eigenvalue weighted by Gasteiger charge is 2.13. The zero-order chi connectivity index (χ0) is 14.3. The second-order valence-corrected chi connectivity index (χ2v) is 4.15. The second-order valence-electron chi connectivity index (χ2n) is 4.15. The SMILES string of the molecule is C=CC[NH+](CC(=O)[O-])Cc1ccc(OC)cc1OC. The summed E-state index contributed by atoms with van der Waals surface area (Å²) in [7, 11) is 3.16. The molecule has 0 radical (unpaired) electrons. The summed E-state index contributed by atoms with van der Waals surface area (Å²) in [5.41, 5.74) is 0.918. The lowest BCUT2D eigenvalue weighted by Crippen LogP contribution is -3.11. The van der Waals surface area contributed by atoms with E-state index in [0.29, 0.717) is 24.6 Å². The maximum atomic E-state index is 10.7. The van der Waals surface area contributed by atoms with Gasteiger partial charge in [0.15, 0.2) is 0 Å². The first kappa shape index (κ1) is 15.0. The number of hydrogen-bond donors (Lipinski definition) is 1. The first-order valence-corrected chi connectivity index (χ1v) is 5.96. The van der Waals surface area contributed by atoms with Gasteiger partial charge in [-0.2, -0.15) is 0 Å². The molecular weight excluding hydrogens is 246 g/mol. The molecule has 1 unspecified atom stereocenters. The third kappa shape index (κ3) is 4.63. The normalized spacial score (nSPS) is 11.7. The van der Waals surface area contributed by atoms with Crippen molar-refractivity contribution in [2.45, 2.75) is 6.54 Å². The summed E-state index contributed by atoms with van der Waals surface area (Å²) in [6.07, 6.45) is 1.69. The third-order valence-electron chi connectivity index (χ3n) is 2.76. The number of carbonyl (C=O) groups is 1. The number of nitrogens with one attached hydrogen (secondary N) is 1. The summed E-state index contributed by atoms with van der Waals surface area (Å²) in [5.74, 6) is 0.300. The van der Waals surface area contributed by atoms with Gasteiger partial charge in [0.25, 0.3) is 0 Å². The molecule has 1 N–H and O–H groups in total. The van der Waals surface area contributed by atoms with Crippen LogP contribution in [0.2, 0.25) is 0 Å². The summed E-state index contributed by atoms with van der Waals surface area (Å²) in [4.78, 5) is 11.5. The third-order valence-corrected chi connectivity index (χ3v) is 2.76. The van der Waals surface area contributed by atoms with Crippen LogP contribution in [0.25, 0.3) is 0 Å². The van der Waals surface area contributed by atoms with Gasteiger partial charge in [-0.15, -0.1) is 0 Å². The first-order chi connectivity index (χ1) is 9.10. The lowest BCUT2D eigenvalue weighted by atomic mass is 10.1. The molecule has 19 heavy (non-hydrogen) atoms. The number of rotatable bonds is 8. The average Bonchev–Trinajstić information content (AvgIpc) is 2.38. The Morgan fingerprint density at radius 1 is 1.42 bits per heavy atom. The molecule has 0 aliphatic carbocycles. The Bertz CT molecular complexity index is 445. The van der Waals surface area contributed by atoms with Gasteiger partial charge in [0.2, 0.25) is 0 Å². The summed E-state index contributed by atoms with van der Waals surface area (Å²) in [5, 5.41) is 10.7. The maximum Gasteiger partial charge on any atom is 0.131 e. The summed E-state index contributed by atoms with van der Waals surface area (Å²) in [6.45, 7) is 4.63. The van der Waals surface area contributed by atoms with Gasteiger partial charge >= 0.3 is 0 Å². The molecule has 0 saturated carbocycles. The van der Waals surface area contributed by atoms with Gasteiger partial charge in [0.1, 0.15) is 24.6 Å². The lowest BCUT2D eigenvalue weighted by molar-refractivity contribution is -0.902. The molecule has 0 saturated heterocycles. The molecule has 104 valence electrons. The van der Waals surface area contributed by atoms with Crippen LogP contribution in [-0.2, 0) is 11.3 Å². The molecule has 0 amide bonds. The molecule has 5 heteroatoms. The highest BCUT2D eigenvalue weighted by Crippen LogP contribution is 2.23. The highest BCUT2D eigenvalue weighted by molar-refractivity contribution is 5.65. The van der Waals surface area contributed by atoms with E-state index < -0.39 is 5.97 Å². The van der Waals surface area contributed by atoms with Gasteiger partial charge in [-0.1, -0.05) is 6.58 Å². The van der Waals surface area contributed by atoms with Crippen molar-refractivity contribution in [2.75, 3.05) is 27.3 Å². The molecule has 0 heterocycles. The number of carboxylic acid groups (broad SMARTS) is 1. The number of quaternary nitrogens is 1. The monoisotopic (exact) mass is 265 g/mol. The number of carbonyl (C=O) groups excluding carboxylic acids is 1. The molecule has 1 aromatic rings. The van der Waals surface area contributed by atoms with E-state index in [1.807, 2.05) is 12.1 Å². The number of hydrogen-bond acceptors (Lipinski definition) is 4. The Labute approximate surface area is 113 Å². The van der Waals surface area contributed by atoms with Crippen LogP contribution in [-0.4, -0.2) is 33.3 Å². The van der Waals surface area contributed by atoms with Crippen molar-refractivity contribution in [2.24, 2.45) is 0 Å². The van der Waals surface area contributed by atoms with Crippen molar-refractivity contribution in [1.82, 2.24) is 0 Å². The molecule has 5 nitrogen and oxygen atoms in total. The minimum absolute atomic E-state index is 0.0683. The zero-order valence-electron chi connectivity index (χ0n) is 11.3. The van der Waals surface area contributed by atoms with Crippen LogP contribution in [0.4, 0.5) is 0 Å². The summed E-state index contributed by atoms with van der Waals surface area (Å²) in [6, 6.07) is 5.47. The highest BCUT2D eigenvalue weighted by atomic mass is 16.5. The second kappa shape index (κ2) is 7.43. The molecular formula is C14H19NO4. The maximum absolute atomic E-state index is 10.7. The minimum Gasteiger partial charge on any atom is -0.544 e. The molecule has 1 rings (SSSR count). The molecule has 0 aliphatic rings. The largest absolute Gasteiger partial charge is 0.544 e. The number of aliphatic carboxylic acids is 1. The van der Waals surface area contributed by atoms with E-state index >= 15 is 0 Å². The van der Waals surface area contributed by atoms with Crippen LogP contribution in [0.3, 0.4) is 0 Å². The Kier molecular flexibility index (Phi) is 5.89. The molecule has 1 atom stereocenters. The van der Waals surface area contributed by atoms with Gasteiger partial charge < -0.3 is 24.3 Å². The van der Waals surface area contributed by atoms with E-state index in [4.69, 9.17) is 9.47 Å². The molecule has 1 aromatic carbocycles. The van der Waals surface area contributed by atoms with Gasteiger partial charge in [-0.05, 0) is 18.2 Å². The van der Waals surface area contributed by atoms with Gasteiger partial charge in [-0.25, -0.2) is 0 Å². The fourth-order valence-electron chi connectivity index (χ4n) is 1.88. The van der Waals surface area contributed by atoms with Crippen LogP contribution < -0.4 is 19.5 Å². The van der Waals surface area contributed by atoms with Crippen LogP contribution >= 0.6 is 0 Å². The molecule has 0 spiro atoms. The van der Waals surface area contributed by atoms with Crippen molar-refractivity contribution in [1.29, 1.82) is 0 Å². The van der Waals surface area contributed by atoms with Crippen LogP contribution in [0, 0.1) is 0 Å². The van der Waals surface area contributed by atoms with Crippen LogP contribution in [0.15, 0.2) is 30.9 Å². The van der Waals surface area contributed by atoms with Gasteiger partial charge in [0.05, 0.1) is 26.7 Å². The van der Waals surface area contributed by atoms with Crippen molar-refractivity contribution < 1.29 is 24.3 Å². The summed E-state index contributed by atoms with van der Waals surface area (Å²) < 4.78 is 10.4. The van der Waals surface area contributed by atoms with Crippen LogP contribution in [0.1, 0.15) is 5.56 Å². The van der Waals surface area contributed by atoms with Crippen molar-refractivity contribution in [3.05, 3.63) is 36.4 Å². The first-order valence-electron chi connectivity index (χ1n) is 5.96. The number of carboxylic acids is 1. The van der Waals surface area contributed by atoms with Gasteiger partial charge in [0, 0.05) is 11.6 Å². The summed E-state index contributed by atoms with van der Waals surface area (Å²) >= 11 is 0. The Balaban J connectivity index is 2.88. The average molecular weight is 265 g/mol. The number of ether oxygens (including phenoxy) is 2. The quantitative estimate of drug-likeness (QED) is 0.614.